The van der Waals surface area contributed by atoms with Crippen LogP contribution >= 0.6 is 35.0 Å². The second-order valence-electron chi connectivity index (χ2n) is 6.21. The lowest BCUT2D eigenvalue weighted by atomic mass is 10.1. The SMILES string of the molecule is Cc1ccc(N2C(=O)[C@H](Cc3ccc(Cl)cc3Cl)S/C2=C(\C#N)C(N)=O)cc1. The van der Waals surface area contributed by atoms with Gasteiger partial charge in [0.25, 0.3) is 5.91 Å². The molecule has 3 rings (SSSR count). The molecule has 2 aromatic carbocycles. The van der Waals surface area contributed by atoms with E-state index < -0.39 is 11.2 Å². The molecule has 8 heteroatoms. The van der Waals surface area contributed by atoms with Gasteiger partial charge < -0.3 is 5.73 Å². The third-order valence-corrected chi connectivity index (χ3v) is 6.09. The van der Waals surface area contributed by atoms with Crippen molar-refractivity contribution in [3.05, 3.63) is 74.2 Å². The van der Waals surface area contributed by atoms with Crippen molar-refractivity contribution in [2.75, 3.05) is 4.90 Å². The highest BCUT2D eigenvalue weighted by atomic mass is 35.5. The molecular formula is C20H15Cl2N3O2S. The van der Waals surface area contributed by atoms with Crippen molar-refractivity contribution < 1.29 is 9.59 Å². The van der Waals surface area contributed by atoms with E-state index in [9.17, 15) is 14.9 Å². The maximum Gasteiger partial charge on any atom is 0.262 e. The fourth-order valence-electron chi connectivity index (χ4n) is 2.82. The fraction of sp³-hybridized carbons (Fsp3) is 0.150. The lowest BCUT2D eigenvalue weighted by Crippen LogP contribution is -2.31. The summed E-state index contributed by atoms with van der Waals surface area (Å²) in [4.78, 5) is 26.3. The highest BCUT2D eigenvalue weighted by Gasteiger charge is 2.40. The van der Waals surface area contributed by atoms with E-state index in [1.54, 1.807) is 30.3 Å². The number of aryl methyl sites for hydroxylation is 1. The normalized spacial score (nSPS) is 18.1. The number of nitrogens with two attached hydrogens (primary N) is 1. The Labute approximate surface area is 176 Å². The van der Waals surface area contributed by atoms with E-state index in [1.807, 2.05) is 25.1 Å². The number of hydrogen-bond acceptors (Lipinski definition) is 4. The highest BCUT2D eigenvalue weighted by molar-refractivity contribution is 8.05. The Balaban J connectivity index is 2.04. The minimum atomic E-state index is -0.875. The van der Waals surface area contributed by atoms with Gasteiger partial charge >= 0.3 is 0 Å². The summed E-state index contributed by atoms with van der Waals surface area (Å²) in [6.07, 6.45) is 0.322. The van der Waals surface area contributed by atoms with Crippen molar-refractivity contribution in [3.8, 4) is 6.07 Å². The lowest BCUT2D eigenvalue weighted by molar-refractivity contribution is -0.117. The standard InChI is InChI=1S/C20H15Cl2N3O2S/c1-11-2-6-14(7-3-11)25-19(27)17(28-20(25)15(10-23)18(24)26)8-12-4-5-13(21)9-16(12)22/h2-7,9,17H,8H2,1H3,(H2,24,26)/b20-15+/t17-/m0/s1. The first-order valence-electron chi connectivity index (χ1n) is 8.27. The fourth-order valence-corrected chi connectivity index (χ4v) is 4.60. The maximum absolute atomic E-state index is 13.2. The van der Waals surface area contributed by atoms with Gasteiger partial charge in [0, 0.05) is 15.7 Å². The van der Waals surface area contributed by atoms with E-state index in [4.69, 9.17) is 28.9 Å². The Kier molecular flexibility index (Phi) is 5.99. The highest BCUT2D eigenvalue weighted by Crippen LogP contribution is 2.42. The molecule has 0 saturated carbocycles. The number of primary amides is 1. The molecule has 0 aromatic heterocycles. The number of anilines is 1. The molecule has 142 valence electrons. The van der Waals surface area contributed by atoms with Gasteiger partial charge in [-0.2, -0.15) is 5.26 Å². The summed E-state index contributed by atoms with van der Waals surface area (Å²) >= 11 is 13.3. The molecule has 2 amide bonds. The number of benzene rings is 2. The first-order valence-corrected chi connectivity index (χ1v) is 9.90. The van der Waals surface area contributed by atoms with Crippen molar-refractivity contribution >= 4 is 52.5 Å². The summed E-state index contributed by atoms with van der Waals surface area (Å²) in [6, 6.07) is 14.1. The van der Waals surface area contributed by atoms with E-state index in [-0.39, 0.29) is 16.5 Å². The van der Waals surface area contributed by atoms with Gasteiger partial charge in [0.05, 0.1) is 5.25 Å². The Morgan fingerprint density at radius 2 is 1.93 bits per heavy atom. The van der Waals surface area contributed by atoms with Gasteiger partial charge in [-0.3, -0.25) is 14.5 Å². The molecule has 0 unspecified atom stereocenters. The predicted molar refractivity (Wildman–Crippen MR) is 112 cm³/mol. The molecule has 0 bridgehead atoms. The maximum atomic E-state index is 13.2. The van der Waals surface area contributed by atoms with E-state index >= 15 is 0 Å². The summed E-state index contributed by atoms with van der Waals surface area (Å²) in [5.41, 5.74) is 7.46. The quantitative estimate of drug-likeness (QED) is 0.579. The number of amides is 2. The van der Waals surface area contributed by atoms with Gasteiger partial charge in [-0.1, -0.05) is 58.7 Å². The van der Waals surface area contributed by atoms with Crippen LogP contribution in [0.4, 0.5) is 5.69 Å². The van der Waals surface area contributed by atoms with Crippen LogP contribution in [-0.2, 0) is 16.0 Å². The van der Waals surface area contributed by atoms with Crippen LogP contribution in [0.1, 0.15) is 11.1 Å². The zero-order valence-electron chi connectivity index (χ0n) is 14.8. The minimum absolute atomic E-state index is 0.235. The monoisotopic (exact) mass is 431 g/mol. The average Bonchev–Trinajstić information content (AvgIpc) is 2.95. The van der Waals surface area contributed by atoms with Crippen LogP contribution in [0.3, 0.4) is 0 Å². The largest absolute Gasteiger partial charge is 0.365 e. The number of nitrogens with zero attached hydrogens (tertiary/aromatic N) is 2. The first kappa shape index (κ1) is 20.3. The average molecular weight is 432 g/mol. The third-order valence-electron chi connectivity index (χ3n) is 4.24. The van der Waals surface area contributed by atoms with E-state index in [0.29, 0.717) is 22.2 Å². The molecule has 5 nitrogen and oxygen atoms in total. The van der Waals surface area contributed by atoms with Crippen LogP contribution in [-0.4, -0.2) is 17.1 Å². The zero-order chi connectivity index (χ0) is 20.4. The van der Waals surface area contributed by atoms with E-state index in [2.05, 4.69) is 0 Å². The minimum Gasteiger partial charge on any atom is -0.365 e. The van der Waals surface area contributed by atoms with Crippen LogP contribution in [0.2, 0.25) is 10.0 Å². The van der Waals surface area contributed by atoms with Crippen molar-refractivity contribution in [1.82, 2.24) is 0 Å². The zero-order valence-corrected chi connectivity index (χ0v) is 17.1. The number of nitriles is 1. The summed E-state index contributed by atoms with van der Waals surface area (Å²) < 4.78 is 0. The Morgan fingerprint density at radius 3 is 2.50 bits per heavy atom. The molecule has 2 N–H and O–H groups in total. The summed E-state index contributed by atoms with van der Waals surface area (Å²) in [7, 11) is 0. The smallest absolute Gasteiger partial charge is 0.262 e. The van der Waals surface area contributed by atoms with E-state index in [0.717, 1.165) is 22.9 Å². The number of hydrogen-bond donors (Lipinski definition) is 1. The van der Waals surface area contributed by atoms with Crippen LogP contribution in [0.15, 0.2) is 53.1 Å². The van der Waals surface area contributed by atoms with Crippen LogP contribution in [0, 0.1) is 18.3 Å². The number of rotatable bonds is 4. The van der Waals surface area contributed by atoms with Crippen molar-refractivity contribution in [2.45, 2.75) is 18.6 Å². The summed E-state index contributed by atoms with van der Waals surface area (Å²) in [6.45, 7) is 1.93. The topological polar surface area (TPSA) is 87.2 Å². The molecule has 28 heavy (non-hydrogen) atoms. The molecule has 1 atom stereocenters. The molecule has 2 aromatic rings. The molecule has 1 aliphatic rings. The number of thioether (sulfide) groups is 1. The van der Waals surface area contributed by atoms with Crippen LogP contribution < -0.4 is 10.6 Å². The molecule has 1 heterocycles. The molecule has 1 fully saturated rings. The van der Waals surface area contributed by atoms with Gasteiger partial charge in [-0.15, -0.1) is 0 Å². The Hall–Kier alpha value is -2.46. The van der Waals surface area contributed by atoms with Gasteiger partial charge in [-0.25, -0.2) is 0 Å². The Morgan fingerprint density at radius 1 is 1.25 bits per heavy atom. The second kappa shape index (κ2) is 8.27. The molecular weight excluding hydrogens is 417 g/mol. The van der Waals surface area contributed by atoms with Gasteiger partial charge in [0.15, 0.2) is 0 Å². The number of halogens is 2. The second-order valence-corrected chi connectivity index (χ2v) is 8.25. The van der Waals surface area contributed by atoms with Crippen molar-refractivity contribution in [2.24, 2.45) is 5.73 Å². The summed E-state index contributed by atoms with van der Waals surface area (Å²) in [5.74, 6) is -1.12. The third kappa shape index (κ3) is 4.02. The molecule has 0 aliphatic carbocycles. The van der Waals surface area contributed by atoms with Gasteiger partial charge in [0.2, 0.25) is 5.91 Å². The molecule has 1 aliphatic heterocycles. The Bertz CT molecular complexity index is 1030. The number of carbonyl (C=O) groups is 2. The predicted octanol–water partition coefficient (Wildman–Crippen LogP) is 4.21. The lowest BCUT2D eigenvalue weighted by Gasteiger charge is -2.18. The molecule has 0 spiro atoms. The van der Waals surface area contributed by atoms with Gasteiger partial charge in [-0.05, 0) is 43.2 Å². The number of carbonyl (C=O) groups excluding carboxylic acids is 2. The van der Waals surface area contributed by atoms with Crippen LogP contribution in [0.25, 0.3) is 0 Å². The first-order chi connectivity index (χ1) is 13.3. The molecule has 1 saturated heterocycles. The molecule has 0 radical (unpaired) electrons. The van der Waals surface area contributed by atoms with Crippen molar-refractivity contribution in [3.63, 3.8) is 0 Å². The van der Waals surface area contributed by atoms with Crippen LogP contribution in [0.5, 0.6) is 0 Å². The summed E-state index contributed by atoms with van der Waals surface area (Å²) in [5, 5.41) is 10.0. The van der Waals surface area contributed by atoms with Crippen molar-refractivity contribution in [1.29, 1.82) is 5.26 Å². The van der Waals surface area contributed by atoms with Gasteiger partial charge in [0.1, 0.15) is 16.7 Å². The van der Waals surface area contributed by atoms with E-state index in [1.165, 1.54) is 4.90 Å².